The van der Waals surface area contributed by atoms with Crippen LogP contribution >= 0.6 is 0 Å². The van der Waals surface area contributed by atoms with Crippen LogP contribution in [0.3, 0.4) is 0 Å². The second-order valence-corrected chi connectivity index (χ2v) is 5.35. The lowest BCUT2D eigenvalue weighted by molar-refractivity contribution is -0.142. The molecule has 5 nitrogen and oxygen atoms in total. The first kappa shape index (κ1) is 15.0. The van der Waals surface area contributed by atoms with Gasteiger partial charge in [-0.15, -0.1) is 0 Å². The molecular weight excluding hydrogens is 234 g/mol. The Morgan fingerprint density at radius 2 is 1.94 bits per heavy atom. The van der Waals surface area contributed by atoms with Gasteiger partial charge in [-0.05, 0) is 31.1 Å². The van der Waals surface area contributed by atoms with E-state index in [1.54, 1.807) is 0 Å². The van der Waals surface area contributed by atoms with Gasteiger partial charge < -0.3 is 15.2 Å². The molecule has 104 valence electrons. The van der Waals surface area contributed by atoms with Crippen molar-refractivity contribution < 1.29 is 19.4 Å². The van der Waals surface area contributed by atoms with Gasteiger partial charge in [-0.1, -0.05) is 13.8 Å². The van der Waals surface area contributed by atoms with Crippen LogP contribution in [0.5, 0.6) is 0 Å². The highest BCUT2D eigenvalue weighted by atomic mass is 16.5. The minimum atomic E-state index is -0.955. The summed E-state index contributed by atoms with van der Waals surface area (Å²) in [6, 6.07) is -0.766. The average molecular weight is 257 g/mol. The fraction of sp³-hybridized carbons (Fsp3) is 0.846. The first-order valence-corrected chi connectivity index (χ1v) is 6.59. The molecule has 1 atom stereocenters. The number of carboxylic acids is 1. The van der Waals surface area contributed by atoms with Gasteiger partial charge in [0.05, 0.1) is 0 Å². The highest BCUT2D eigenvalue weighted by molar-refractivity contribution is 5.83. The summed E-state index contributed by atoms with van der Waals surface area (Å²) in [6.07, 6.45) is 2.64. The third kappa shape index (κ3) is 5.49. The highest BCUT2D eigenvalue weighted by Gasteiger charge is 2.23. The van der Waals surface area contributed by atoms with E-state index < -0.39 is 12.0 Å². The number of aliphatic carboxylic acids is 1. The van der Waals surface area contributed by atoms with Gasteiger partial charge in [0.15, 0.2) is 0 Å². The van der Waals surface area contributed by atoms with Crippen LogP contribution in [-0.4, -0.2) is 36.2 Å². The number of carbonyl (C=O) groups excluding carboxylic acids is 1. The summed E-state index contributed by atoms with van der Waals surface area (Å²) in [7, 11) is 0. The summed E-state index contributed by atoms with van der Waals surface area (Å²) in [5.74, 6) is -0.541. The molecule has 0 aliphatic carbocycles. The van der Waals surface area contributed by atoms with Crippen LogP contribution in [0.15, 0.2) is 0 Å². The fourth-order valence-corrected chi connectivity index (χ4v) is 2.16. The first-order valence-electron chi connectivity index (χ1n) is 6.59. The lowest BCUT2D eigenvalue weighted by Crippen LogP contribution is -2.42. The van der Waals surface area contributed by atoms with Crippen molar-refractivity contribution in [1.82, 2.24) is 5.32 Å². The van der Waals surface area contributed by atoms with E-state index in [2.05, 4.69) is 5.32 Å². The largest absolute Gasteiger partial charge is 0.480 e. The molecule has 0 bridgehead atoms. The van der Waals surface area contributed by atoms with Crippen molar-refractivity contribution in [3.8, 4) is 0 Å². The van der Waals surface area contributed by atoms with Crippen molar-refractivity contribution in [3.05, 3.63) is 0 Å². The molecule has 1 amide bonds. The number of ether oxygens (including phenoxy) is 1. The van der Waals surface area contributed by atoms with Crippen molar-refractivity contribution in [3.63, 3.8) is 0 Å². The Kier molecular flexibility index (Phi) is 6.12. The summed E-state index contributed by atoms with van der Waals surface area (Å²) in [5, 5.41) is 11.7. The normalized spacial score (nSPS) is 18.6. The lowest BCUT2D eigenvalue weighted by Gasteiger charge is -2.23. The first-order chi connectivity index (χ1) is 8.49. The number of amides is 1. The predicted octanol–water partition coefficient (Wildman–Crippen LogP) is 1.42. The molecule has 0 saturated carbocycles. The maximum absolute atomic E-state index is 11.8. The maximum Gasteiger partial charge on any atom is 0.326 e. The summed E-state index contributed by atoms with van der Waals surface area (Å²) in [5.41, 5.74) is 0. The highest BCUT2D eigenvalue weighted by Crippen LogP contribution is 2.18. The summed E-state index contributed by atoms with van der Waals surface area (Å²) in [6.45, 7) is 5.29. The quantitative estimate of drug-likeness (QED) is 0.754. The third-order valence-electron chi connectivity index (χ3n) is 3.16. The molecular formula is C13H23NO4. The van der Waals surface area contributed by atoms with Gasteiger partial charge in [-0.2, -0.15) is 0 Å². The SMILES string of the molecule is CC(C)C[C@H](NC(=O)CC1CCOCC1)C(=O)O. The van der Waals surface area contributed by atoms with Gasteiger partial charge in [-0.25, -0.2) is 4.79 Å². The number of hydrogen-bond acceptors (Lipinski definition) is 3. The second kappa shape index (κ2) is 7.36. The Morgan fingerprint density at radius 1 is 1.33 bits per heavy atom. The number of carboxylic acid groups (broad SMARTS) is 1. The van der Waals surface area contributed by atoms with Crippen LogP contribution < -0.4 is 5.32 Å². The van der Waals surface area contributed by atoms with Crippen molar-refractivity contribution in [2.75, 3.05) is 13.2 Å². The topological polar surface area (TPSA) is 75.6 Å². The van der Waals surface area contributed by atoms with E-state index in [9.17, 15) is 9.59 Å². The van der Waals surface area contributed by atoms with Gasteiger partial charge >= 0.3 is 5.97 Å². The van der Waals surface area contributed by atoms with Crippen LogP contribution in [0.1, 0.15) is 39.5 Å². The molecule has 1 aliphatic heterocycles. The summed E-state index contributed by atoms with van der Waals surface area (Å²) < 4.78 is 5.23. The number of hydrogen-bond donors (Lipinski definition) is 2. The Balaban J connectivity index is 2.37. The zero-order chi connectivity index (χ0) is 13.5. The van der Waals surface area contributed by atoms with E-state index in [0.717, 1.165) is 12.8 Å². The molecule has 1 aliphatic rings. The molecule has 1 rings (SSSR count). The second-order valence-electron chi connectivity index (χ2n) is 5.35. The van der Waals surface area contributed by atoms with Gasteiger partial charge in [0.25, 0.3) is 0 Å². The van der Waals surface area contributed by atoms with Crippen LogP contribution in [-0.2, 0) is 14.3 Å². The molecule has 0 unspecified atom stereocenters. The minimum Gasteiger partial charge on any atom is -0.480 e. The molecule has 5 heteroatoms. The van der Waals surface area contributed by atoms with E-state index in [1.165, 1.54) is 0 Å². The molecule has 0 aromatic rings. The van der Waals surface area contributed by atoms with E-state index in [1.807, 2.05) is 13.8 Å². The molecule has 0 spiro atoms. The van der Waals surface area contributed by atoms with Crippen LogP contribution in [0, 0.1) is 11.8 Å². The van der Waals surface area contributed by atoms with E-state index in [-0.39, 0.29) is 11.8 Å². The monoisotopic (exact) mass is 257 g/mol. The maximum atomic E-state index is 11.8. The molecule has 18 heavy (non-hydrogen) atoms. The molecule has 1 fully saturated rings. The van der Waals surface area contributed by atoms with Gasteiger partial charge in [0.1, 0.15) is 6.04 Å². The van der Waals surface area contributed by atoms with Crippen molar-refractivity contribution in [1.29, 1.82) is 0 Å². The fourth-order valence-electron chi connectivity index (χ4n) is 2.16. The van der Waals surface area contributed by atoms with Crippen LogP contribution in [0.2, 0.25) is 0 Å². The van der Waals surface area contributed by atoms with E-state index >= 15 is 0 Å². The minimum absolute atomic E-state index is 0.157. The molecule has 2 N–H and O–H groups in total. The smallest absolute Gasteiger partial charge is 0.326 e. The van der Waals surface area contributed by atoms with Gasteiger partial charge in [0, 0.05) is 19.6 Å². The van der Waals surface area contributed by atoms with Gasteiger partial charge in [-0.3, -0.25) is 4.79 Å². The van der Waals surface area contributed by atoms with Crippen molar-refractivity contribution in [2.45, 2.75) is 45.6 Å². The van der Waals surface area contributed by atoms with Gasteiger partial charge in [0.2, 0.25) is 5.91 Å². The molecule has 0 aromatic heterocycles. The molecule has 0 radical (unpaired) electrons. The van der Waals surface area contributed by atoms with E-state index in [0.29, 0.717) is 32.0 Å². The molecule has 1 saturated heterocycles. The van der Waals surface area contributed by atoms with Crippen molar-refractivity contribution in [2.24, 2.45) is 11.8 Å². The van der Waals surface area contributed by atoms with Crippen molar-refractivity contribution >= 4 is 11.9 Å². The number of rotatable bonds is 6. The Morgan fingerprint density at radius 3 is 2.44 bits per heavy atom. The Labute approximate surface area is 108 Å². The third-order valence-corrected chi connectivity index (χ3v) is 3.16. The number of nitrogens with one attached hydrogen (secondary N) is 1. The Bertz CT molecular complexity index is 285. The molecule has 0 aromatic carbocycles. The Hall–Kier alpha value is -1.10. The average Bonchev–Trinajstić information content (AvgIpc) is 2.28. The summed E-state index contributed by atoms with van der Waals surface area (Å²) in [4.78, 5) is 22.8. The standard InChI is InChI=1S/C13H23NO4/c1-9(2)7-11(13(16)17)14-12(15)8-10-3-5-18-6-4-10/h9-11H,3-8H2,1-2H3,(H,14,15)(H,16,17)/t11-/m0/s1. The lowest BCUT2D eigenvalue weighted by atomic mass is 9.95. The zero-order valence-electron chi connectivity index (χ0n) is 11.1. The van der Waals surface area contributed by atoms with Crippen LogP contribution in [0.25, 0.3) is 0 Å². The van der Waals surface area contributed by atoms with E-state index in [4.69, 9.17) is 9.84 Å². The predicted molar refractivity (Wildman–Crippen MR) is 67.2 cm³/mol. The summed E-state index contributed by atoms with van der Waals surface area (Å²) >= 11 is 0. The van der Waals surface area contributed by atoms with Crippen LogP contribution in [0.4, 0.5) is 0 Å². The number of carbonyl (C=O) groups is 2. The molecule has 1 heterocycles. The zero-order valence-corrected chi connectivity index (χ0v) is 11.1.